The van der Waals surface area contributed by atoms with E-state index < -0.39 is 5.82 Å². The second kappa shape index (κ2) is 5.50. The van der Waals surface area contributed by atoms with Crippen LogP contribution in [0, 0.1) is 17.1 Å². The molecule has 0 spiro atoms. The first kappa shape index (κ1) is 13.1. The smallest absolute Gasteiger partial charge is 0.224 e. The Morgan fingerprint density at radius 2 is 2.26 bits per heavy atom. The van der Waals surface area contributed by atoms with Crippen LogP contribution in [0.2, 0.25) is 5.28 Å². The van der Waals surface area contributed by atoms with E-state index in [9.17, 15) is 4.39 Å². The van der Waals surface area contributed by atoms with Gasteiger partial charge in [-0.3, -0.25) is 0 Å². The molecule has 0 radical (unpaired) electrons. The molecule has 1 aromatic carbocycles. The molecule has 2 aromatic rings. The van der Waals surface area contributed by atoms with Crippen molar-refractivity contribution in [2.75, 3.05) is 12.4 Å². The summed E-state index contributed by atoms with van der Waals surface area (Å²) in [5.74, 6) is -0.409. The fraction of sp³-hybridized carbons (Fsp3) is 0.0833. The summed E-state index contributed by atoms with van der Waals surface area (Å²) in [6, 6.07) is 6.86. The van der Waals surface area contributed by atoms with Crippen LogP contribution < -0.4 is 10.1 Å². The Kier molecular flexibility index (Phi) is 3.78. The van der Waals surface area contributed by atoms with Gasteiger partial charge in [0, 0.05) is 0 Å². The van der Waals surface area contributed by atoms with Crippen molar-refractivity contribution in [2.24, 2.45) is 0 Å². The van der Waals surface area contributed by atoms with E-state index in [0.717, 1.165) is 6.20 Å². The molecule has 0 bridgehead atoms. The number of aromatic nitrogens is 2. The molecule has 96 valence electrons. The third-order valence-electron chi connectivity index (χ3n) is 2.32. The molecule has 0 amide bonds. The van der Waals surface area contributed by atoms with Crippen molar-refractivity contribution in [1.82, 2.24) is 9.97 Å². The fourth-order valence-corrected chi connectivity index (χ4v) is 1.61. The average molecular weight is 279 g/mol. The second-order valence-corrected chi connectivity index (χ2v) is 3.79. The number of nitriles is 1. The minimum atomic E-state index is -0.681. The van der Waals surface area contributed by atoms with Gasteiger partial charge in [0.05, 0.1) is 18.9 Å². The lowest BCUT2D eigenvalue weighted by Crippen LogP contribution is -2.02. The zero-order valence-corrected chi connectivity index (χ0v) is 10.6. The summed E-state index contributed by atoms with van der Waals surface area (Å²) < 4.78 is 18.7. The fourth-order valence-electron chi connectivity index (χ4n) is 1.48. The number of para-hydroxylation sites is 1. The molecule has 1 N–H and O–H groups in total. The van der Waals surface area contributed by atoms with Crippen LogP contribution in [0.4, 0.5) is 15.9 Å². The van der Waals surface area contributed by atoms with Gasteiger partial charge in [0.15, 0.2) is 11.6 Å². The molecule has 7 heteroatoms. The standard InChI is InChI=1S/C12H8ClFN4O/c1-19-9-4-2-3-7(5-15)10(9)17-11-8(14)6-16-12(13)18-11/h2-4,6H,1H3,(H,16,17,18). The minimum Gasteiger partial charge on any atom is -0.495 e. The third kappa shape index (κ3) is 2.72. The molecule has 19 heavy (non-hydrogen) atoms. The molecule has 0 aliphatic carbocycles. The molecule has 5 nitrogen and oxygen atoms in total. The van der Waals surface area contributed by atoms with Crippen molar-refractivity contribution < 1.29 is 9.13 Å². The minimum absolute atomic E-state index is 0.0997. The SMILES string of the molecule is COc1cccc(C#N)c1Nc1nc(Cl)ncc1F. The molecule has 0 saturated carbocycles. The van der Waals surface area contributed by atoms with E-state index in [1.165, 1.54) is 7.11 Å². The maximum atomic E-state index is 13.6. The highest BCUT2D eigenvalue weighted by atomic mass is 35.5. The van der Waals surface area contributed by atoms with E-state index in [4.69, 9.17) is 21.6 Å². The molecule has 0 unspecified atom stereocenters. The highest BCUT2D eigenvalue weighted by Gasteiger charge is 2.13. The number of hydrogen-bond acceptors (Lipinski definition) is 5. The number of ether oxygens (including phenoxy) is 1. The topological polar surface area (TPSA) is 70.8 Å². The van der Waals surface area contributed by atoms with Crippen LogP contribution >= 0.6 is 11.6 Å². The molecule has 0 atom stereocenters. The highest BCUT2D eigenvalue weighted by molar-refractivity contribution is 6.28. The van der Waals surface area contributed by atoms with Crippen LogP contribution in [-0.4, -0.2) is 17.1 Å². The number of rotatable bonds is 3. The number of anilines is 2. The summed E-state index contributed by atoms with van der Waals surface area (Å²) in [5, 5.41) is 11.6. The Hall–Kier alpha value is -2.39. The maximum absolute atomic E-state index is 13.6. The van der Waals surface area contributed by atoms with Crippen LogP contribution in [0.1, 0.15) is 5.56 Å². The van der Waals surface area contributed by atoms with Crippen LogP contribution in [-0.2, 0) is 0 Å². The summed E-state index contributed by atoms with van der Waals surface area (Å²) >= 11 is 5.61. The predicted molar refractivity (Wildman–Crippen MR) is 68.0 cm³/mol. The lowest BCUT2D eigenvalue weighted by Gasteiger charge is -2.12. The van der Waals surface area contributed by atoms with Gasteiger partial charge < -0.3 is 10.1 Å². The Morgan fingerprint density at radius 3 is 2.95 bits per heavy atom. The molecular weight excluding hydrogens is 271 g/mol. The molecule has 2 rings (SSSR count). The number of halogens is 2. The monoisotopic (exact) mass is 278 g/mol. The lowest BCUT2D eigenvalue weighted by molar-refractivity contribution is 0.416. The number of hydrogen-bond donors (Lipinski definition) is 1. The first-order chi connectivity index (χ1) is 9.15. The first-order valence-corrected chi connectivity index (χ1v) is 5.55. The zero-order valence-electron chi connectivity index (χ0n) is 9.82. The molecule has 1 aromatic heterocycles. The van der Waals surface area contributed by atoms with E-state index in [1.54, 1.807) is 18.2 Å². The van der Waals surface area contributed by atoms with Crippen molar-refractivity contribution >= 4 is 23.1 Å². The van der Waals surface area contributed by atoms with Crippen molar-refractivity contribution in [3.05, 3.63) is 41.1 Å². The quantitative estimate of drug-likeness (QED) is 0.874. The maximum Gasteiger partial charge on any atom is 0.224 e. The van der Waals surface area contributed by atoms with Gasteiger partial charge in [-0.15, -0.1) is 0 Å². The summed E-state index contributed by atoms with van der Waals surface area (Å²) in [5.41, 5.74) is 0.620. The average Bonchev–Trinajstić information content (AvgIpc) is 2.43. The van der Waals surface area contributed by atoms with E-state index in [1.807, 2.05) is 6.07 Å². The van der Waals surface area contributed by atoms with Gasteiger partial charge in [0.1, 0.15) is 17.5 Å². The predicted octanol–water partition coefficient (Wildman–Crippen LogP) is 2.89. The summed E-state index contributed by atoms with van der Waals surface area (Å²) in [7, 11) is 1.45. The van der Waals surface area contributed by atoms with Crippen LogP contribution in [0.25, 0.3) is 0 Å². The van der Waals surface area contributed by atoms with Crippen LogP contribution in [0.5, 0.6) is 5.75 Å². The van der Waals surface area contributed by atoms with Gasteiger partial charge in [-0.2, -0.15) is 10.2 Å². The van der Waals surface area contributed by atoms with Gasteiger partial charge in [0.25, 0.3) is 0 Å². The van der Waals surface area contributed by atoms with Crippen molar-refractivity contribution in [1.29, 1.82) is 5.26 Å². The Bertz CT molecular complexity index is 657. The Labute approximate surface area is 113 Å². The molecule has 0 aliphatic rings. The second-order valence-electron chi connectivity index (χ2n) is 3.46. The van der Waals surface area contributed by atoms with E-state index in [2.05, 4.69) is 15.3 Å². The molecule has 0 aliphatic heterocycles. The number of benzene rings is 1. The number of nitrogens with zero attached hydrogens (tertiary/aromatic N) is 3. The molecular formula is C12H8ClFN4O. The Balaban J connectivity index is 2.48. The van der Waals surface area contributed by atoms with Crippen molar-refractivity contribution in [3.63, 3.8) is 0 Å². The summed E-state index contributed by atoms with van der Waals surface area (Å²) in [6.07, 6.45) is 0.944. The van der Waals surface area contributed by atoms with E-state index >= 15 is 0 Å². The van der Waals surface area contributed by atoms with Gasteiger partial charge in [0.2, 0.25) is 5.28 Å². The van der Waals surface area contributed by atoms with Crippen LogP contribution in [0.15, 0.2) is 24.4 Å². The van der Waals surface area contributed by atoms with E-state index in [0.29, 0.717) is 17.0 Å². The normalized spacial score (nSPS) is 9.79. The van der Waals surface area contributed by atoms with Gasteiger partial charge in [-0.1, -0.05) is 6.07 Å². The first-order valence-electron chi connectivity index (χ1n) is 5.18. The van der Waals surface area contributed by atoms with Crippen molar-refractivity contribution in [2.45, 2.75) is 0 Å². The number of nitrogens with one attached hydrogen (secondary N) is 1. The third-order valence-corrected chi connectivity index (χ3v) is 2.51. The largest absolute Gasteiger partial charge is 0.495 e. The van der Waals surface area contributed by atoms with Gasteiger partial charge in [-0.05, 0) is 23.7 Å². The van der Waals surface area contributed by atoms with Crippen molar-refractivity contribution in [3.8, 4) is 11.8 Å². The summed E-state index contributed by atoms with van der Waals surface area (Å²) in [6.45, 7) is 0. The number of methoxy groups -OCH3 is 1. The van der Waals surface area contributed by atoms with E-state index in [-0.39, 0.29) is 11.1 Å². The van der Waals surface area contributed by atoms with Crippen LogP contribution in [0.3, 0.4) is 0 Å². The Morgan fingerprint density at radius 1 is 1.47 bits per heavy atom. The zero-order chi connectivity index (χ0) is 13.8. The molecule has 1 heterocycles. The van der Waals surface area contributed by atoms with Gasteiger partial charge in [-0.25, -0.2) is 9.37 Å². The highest BCUT2D eigenvalue weighted by Crippen LogP contribution is 2.31. The molecule has 0 fully saturated rings. The van der Waals surface area contributed by atoms with Gasteiger partial charge >= 0.3 is 0 Å². The lowest BCUT2D eigenvalue weighted by atomic mass is 10.2. The summed E-state index contributed by atoms with van der Waals surface area (Å²) in [4.78, 5) is 7.23. The molecule has 0 saturated heterocycles.